The smallest absolute Gasteiger partial charge is 0.337 e. The highest BCUT2D eigenvalue weighted by atomic mass is 19.4. The lowest BCUT2D eigenvalue weighted by molar-refractivity contribution is -0.137. The van der Waals surface area contributed by atoms with Crippen molar-refractivity contribution in [2.45, 2.75) is 12.6 Å². The molecule has 2 heterocycles. The third kappa shape index (κ3) is 3.22. The van der Waals surface area contributed by atoms with Crippen LogP contribution in [0.1, 0.15) is 21.6 Å². The first-order chi connectivity index (χ1) is 11.2. The number of benzene rings is 1. The van der Waals surface area contributed by atoms with Gasteiger partial charge >= 0.3 is 6.18 Å². The molecule has 3 rings (SSSR count). The van der Waals surface area contributed by atoms with E-state index in [2.05, 4.69) is 5.10 Å². The van der Waals surface area contributed by atoms with Gasteiger partial charge in [-0.05, 0) is 24.0 Å². The van der Waals surface area contributed by atoms with Gasteiger partial charge in [-0.25, -0.2) is 0 Å². The lowest BCUT2D eigenvalue weighted by Gasteiger charge is -2.39. The number of carbonyl (C=O) groups excluding carboxylic acids is 1. The molecule has 0 atom stereocenters. The maximum Gasteiger partial charge on any atom is 0.416 e. The molecule has 1 aliphatic rings. The van der Waals surface area contributed by atoms with Crippen LogP contribution in [0.4, 0.5) is 13.2 Å². The van der Waals surface area contributed by atoms with Crippen molar-refractivity contribution in [1.29, 1.82) is 0 Å². The molecule has 128 valence electrons. The molecule has 1 fully saturated rings. The summed E-state index contributed by atoms with van der Waals surface area (Å²) in [5.74, 6) is -0.152. The zero-order valence-corrected chi connectivity index (χ0v) is 12.9. The van der Waals surface area contributed by atoms with Crippen LogP contribution in [0.25, 0.3) is 0 Å². The molecule has 1 aliphatic heterocycles. The van der Waals surface area contributed by atoms with Gasteiger partial charge in [0.25, 0.3) is 11.5 Å². The van der Waals surface area contributed by atoms with E-state index in [0.717, 1.165) is 12.1 Å². The predicted octanol–water partition coefficient (Wildman–Crippen LogP) is 2.05. The number of H-pyrrole nitrogens is 1. The molecule has 0 radical (unpaired) electrons. The minimum atomic E-state index is -4.35. The van der Waals surface area contributed by atoms with Crippen molar-refractivity contribution < 1.29 is 18.0 Å². The third-order valence-electron chi connectivity index (χ3n) is 4.14. The number of carbonyl (C=O) groups is 1. The fourth-order valence-electron chi connectivity index (χ4n) is 2.84. The molecule has 0 unspecified atom stereocenters. The maximum absolute atomic E-state index is 12.7. The number of aromatic nitrogens is 2. The van der Waals surface area contributed by atoms with Crippen LogP contribution in [0.15, 0.2) is 35.1 Å². The van der Waals surface area contributed by atoms with E-state index >= 15 is 0 Å². The average molecular weight is 339 g/mol. The molecule has 1 N–H and O–H groups in total. The van der Waals surface area contributed by atoms with Gasteiger partial charge in [-0.15, -0.1) is 0 Å². The van der Waals surface area contributed by atoms with Crippen molar-refractivity contribution in [3.05, 3.63) is 57.5 Å². The van der Waals surface area contributed by atoms with Gasteiger partial charge in [-0.3, -0.25) is 19.4 Å². The van der Waals surface area contributed by atoms with E-state index < -0.39 is 11.7 Å². The number of nitrogens with one attached hydrogen (secondary N) is 1. The van der Waals surface area contributed by atoms with Gasteiger partial charge in [-0.2, -0.15) is 13.2 Å². The molecule has 2 aromatic rings. The second-order valence-electron chi connectivity index (χ2n) is 6.05. The largest absolute Gasteiger partial charge is 0.416 e. The molecular weight excluding hydrogens is 323 g/mol. The summed E-state index contributed by atoms with van der Waals surface area (Å²) in [4.78, 5) is 25.1. The number of halogens is 3. The average Bonchev–Trinajstić information content (AvgIpc) is 2.81. The zero-order chi connectivity index (χ0) is 17.5. The number of nitrogens with zero attached hydrogens (tertiary/aromatic N) is 2. The minimum absolute atomic E-state index is 0.118. The van der Waals surface area contributed by atoms with Gasteiger partial charge in [0, 0.05) is 26.2 Å². The Morgan fingerprint density at radius 1 is 1.29 bits per heavy atom. The molecule has 0 aliphatic carbocycles. The highest BCUT2D eigenvalue weighted by Gasteiger charge is 2.33. The summed E-state index contributed by atoms with van der Waals surface area (Å²) in [6.07, 6.45) is -3.87. The normalized spacial score (nSPS) is 15.4. The van der Waals surface area contributed by atoms with Crippen molar-refractivity contribution >= 4 is 5.91 Å². The Morgan fingerprint density at radius 3 is 2.58 bits per heavy atom. The molecule has 0 spiro atoms. The molecule has 0 saturated carbocycles. The van der Waals surface area contributed by atoms with E-state index in [1.807, 2.05) is 0 Å². The number of hydrogen-bond donors (Lipinski definition) is 1. The van der Waals surface area contributed by atoms with Crippen LogP contribution < -0.4 is 5.56 Å². The van der Waals surface area contributed by atoms with Gasteiger partial charge in [0.2, 0.25) is 0 Å². The Morgan fingerprint density at radius 2 is 2.00 bits per heavy atom. The molecule has 1 aromatic carbocycles. The van der Waals surface area contributed by atoms with Crippen LogP contribution in [0.3, 0.4) is 0 Å². The third-order valence-corrected chi connectivity index (χ3v) is 4.14. The number of aromatic amines is 1. The predicted molar refractivity (Wildman–Crippen MR) is 80.6 cm³/mol. The second kappa shape index (κ2) is 5.85. The van der Waals surface area contributed by atoms with E-state index in [0.29, 0.717) is 25.1 Å². The number of amides is 1. The quantitative estimate of drug-likeness (QED) is 0.930. The molecular formula is C16H16F3N3O2. The van der Waals surface area contributed by atoms with Crippen molar-refractivity contribution in [1.82, 2.24) is 14.7 Å². The monoisotopic (exact) mass is 339 g/mol. The van der Waals surface area contributed by atoms with E-state index in [-0.39, 0.29) is 23.1 Å². The summed E-state index contributed by atoms with van der Waals surface area (Å²) in [5.41, 5.74) is -0.122. The minimum Gasteiger partial charge on any atom is -0.337 e. The van der Waals surface area contributed by atoms with Gasteiger partial charge in [0.1, 0.15) is 5.69 Å². The van der Waals surface area contributed by atoms with Crippen molar-refractivity contribution in [2.24, 2.45) is 13.0 Å². The SMILES string of the molecule is Cn1[nH]c(C(=O)N2CC(Cc3cccc(C(F)(F)F)c3)C2)cc1=O. The summed E-state index contributed by atoms with van der Waals surface area (Å²) < 4.78 is 39.3. The molecule has 0 bridgehead atoms. The molecule has 1 amide bonds. The summed E-state index contributed by atoms with van der Waals surface area (Å²) >= 11 is 0. The number of aryl methyl sites for hydroxylation is 1. The zero-order valence-electron chi connectivity index (χ0n) is 12.9. The van der Waals surface area contributed by atoms with Gasteiger partial charge in [0.05, 0.1) is 5.56 Å². The van der Waals surface area contributed by atoms with E-state index in [1.54, 1.807) is 11.0 Å². The fraction of sp³-hybridized carbons (Fsp3) is 0.375. The van der Waals surface area contributed by atoms with E-state index in [1.165, 1.54) is 23.9 Å². The van der Waals surface area contributed by atoms with Gasteiger partial charge < -0.3 is 4.90 Å². The molecule has 5 nitrogen and oxygen atoms in total. The summed E-state index contributed by atoms with van der Waals surface area (Å²) in [5, 5.41) is 2.67. The fourth-order valence-corrected chi connectivity index (χ4v) is 2.84. The topological polar surface area (TPSA) is 58.1 Å². The van der Waals surface area contributed by atoms with Crippen LogP contribution in [-0.4, -0.2) is 33.7 Å². The number of rotatable bonds is 3. The van der Waals surface area contributed by atoms with Crippen LogP contribution in [0.5, 0.6) is 0 Å². The highest BCUT2D eigenvalue weighted by molar-refractivity contribution is 5.92. The van der Waals surface area contributed by atoms with Crippen molar-refractivity contribution in [3.63, 3.8) is 0 Å². The molecule has 1 saturated heterocycles. The number of likely N-dealkylation sites (tertiary alicyclic amines) is 1. The van der Waals surface area contributed by atoms with Crippen molar-refractivity contribution in [3.8, 4) is 0 Å². The van der Waals surface area contributed by atoms with Gasteiger partial charge in [0.15, 0.2) is 0 Å². The standard InChI is InChI=1S/C16H16F3N3O2/c1-21-14(23)7-13(20-21)15(24)22-8-11(9-22)5-10-3-2-4-12(6-10)16(17,18)19/h2-4,6-7,11,20H,5,8-9H2,1H3. The first-order valence-electron chi connectivity index (χ1n) is 7.45. The summed E-state index contributed by atoms with van der Waals surface area (Å²) in [6.45, 7) is 0.929. The molecule has 1 aromatic heterocycles. The van der Waals surface area contributed by atoms with E-state index in [4.69, 9.17) is 0 Å². The van der Waals surface area contributed by atoms with Crippen LogP contribution >= 0.6 is 0 Å². The highest BCUT2D eigenvalue weighted by Crippen LogP contribution is 2.30. The van der Waals surface area contributed by atoms with Crippen LogP contribution in [-0.2, 0) is 19.6 Å². The Labute approximate surface area is 135 Å². The van der Waals surface area contributed by atoms with Crippen LogP contribution in [0, 0.1) is 5.92 Å². The van der Waals surface area contributed by atoms with Crippen molar-refractivity contribution in [2.75, 3.05) is 13.1 Å². The summed E-state index contributed by atoms with van der Waals surface area (Å²) in [6, 6.07) is 6.50. The first-order valence-corrected chi connectivity index (χ1v) is 7.45. The van der Waals surface area contributed by atoms with E-state index in [9.17, 15) is 22.8 Å². The Hall–Kier alpha value is -2.51. The first kappa shape index (κ1) is 16.4. The lowest BCUT2D eigenvalue weighted by atomic mass is 9.91. The molecule has 8 heteroatoms. The Kier molecular flexibility index (Phi) is 3.98. The number of hydrogen-bond acceptors (Lipinski definition) is 2. The summed E-state index contributed by atoms with van der Waals surface area (Å²) in [7, 11) is 1.52. The second-order valence-corrected chi connectivity index (χ2v) is 6.05. The Balaban J connectivity index is 1.59. The lowest BCUT2D eigenvalue weighted by Crippen LogP contribution is -2.50. The van der Waals surface area contributed by atoms with Gasteiger partial charge in [-0.1, -0.05) is 18.2 Å². The maximum atomic E-state index is 12.7. The Bertz CT molecular complexity index is 816. The van der Waals surface area contributed by atoms with Crippen LogP contribution in [0.2, 0.25) is 0 Å². The molecule has 24 heavy (non-hydrogen) atoms. The number of alkyl halides is 3.